The zero-order valence-corrected chi connectivity index (χ0v) is 11.4. The molecule has 1 fully saturated rings. The summed E-state index contributed by atoms with van der Waals surface area (Å²) in [7, 11) is 0. The molecule has 5 nitrogen and oxygen atoms in total. The Morgan fingerprint density at radius 2 is 2.33 bits per heavy atom. The Balaban J connectivity index is 1.84. The molecule has 0 amide bonds. The number of halogens is 1. The topological polar surface area (TPSA) is 63.8 Å². The fraction of sp³-hybridized carbons (Fsp3) is 0.417. The lowest BCUT2D eigenvalue weighted by Crippen LogP contribution is -2.28. The number of hydrogen-bond donors (Lipinski definition) is 1. The highest BCUT2D eigenvalue weighted by molar-refractivity contribution is 9.10. The summed E-state index contributed by atoms with van der Waals surface area (Å²) in [6.45, 7) is 2.01. The zero-order chi connectivity index (χ0) is 12.4. The van der Waals surface area contributed by atoms with Crippen LogP contribution in [-0.4, -0.2) is 28.2 Å². The minimum Gasteiger partial charge on any atom is -0.334 e. The summed E-state index contributed by atoms with van der Waals surface area (Å²) >= 11 is 3.38. The van der Waals surface area contributed by atoms with Crippen LogP contribution in [0.3, 0.4) is 0 Å². The largest absolute Gasteiger partial charge is 0.334 e. The Labute approximate surface area is 113 Å². The van der Waals surface area contributed by atoms with Crippen LogP contribution in [0.5, 0.6) is 0 Å². The lowest BCUT2D eigenvalue weighted by Gasteiger charge is -2.19. The Morgan fingerprint density at radius 1 is 1.39 bits per heavy atom. The van der Waals surface area contributed by atoms with Gasteiger partial charge in [0.05, 0.1) is 5.56 Å². The Morgan fingerprint density at radius 3 is 3.11 bits per heavy atom. The third-order valence-electron chi connectivity index (χ3n) is 3.06. The van der Waals surface area contributed by atoms with Crippen molar-refractivity contribution in [3.8, 4) is 11.5 Å². The predicted octanol–water partition coefficient (Wildman–Crippen LogP) is 2.36. The molecule has 2 aromatic rings. The van der Waals surface area contributed by atoms with Crippen LogP contribution in [0.15, 0.2) is 27.5 Å². The fourth-order valence-corrected chi connectivity index (χ4v) is 2.48. The first-order valence-corrected chi connectivity index (χ1v) is 6.77. The van der Waals surface area contributed by atoms with Crippen molar-refractivity contribution in [2.45, 2.75) is 18.8 Å². The van der Waals surface area contributed by atoms with Crippen LogP contribution in [0.25, 0.3) is 11.5 Å². The smallest absolute Gasteiger partial charge is 0.259 e. The summed E-state index contributed by atoms with van der Waals surface area (Å²) in [6.07, 6.45) is 5.72. The van der Waals surface area contributed by atoms with Crippen molar-refractivity contribution in [3.63, 3.8) is 0 Å². The van der Waals surface area contributed by atoms with E-state index in [1.165, 1.54) is 0 Å². The Bertz CT molecular complexity index is 536. The number of hydrogen-bond acceptors (Lipinski definition) is 5. The summed E-state index contributed by atoms with van der Waals surface area (Å²) < 4.78 is 6.21. The highest BCUT2D eigenvalue weighted by atomic mass is 79.9. The number of nitrogens with one attached hydrogen (secondary N) is 1. The molecule has 2 aromatic heterocycles. The molecular formula is C12H13BrN4O. The van der Waals surface area contributed by atoms with Gasteiger partial charge in [0.15, 0.2) is 5.82 Å². The molecule has 1 N–H and O–H groups in total. The van der Waals surface area contributed by atoms with Gasteiger partial charge >= 0.3 is 0 Å². The lowest BCUT2D eigenvalue weighted by atomic mass is 9.99. The number of rotatable bonds is 2. The fourth-order valence-electron chi connectivity index (χ4n) is 2.12. The highest BCUT2D eigenvalue weighted by Crippen LogP contribution is 2.25. The van der Waals surface area contributed by atoms with Crippen LogP contribution >= 0.6 is 15.9 Å². The van der Waals surface area contributed by atoms with Crippen LogP contribution in [0.2, 0.25) is 0 Å². The molecule has 6 heteroatoms. The summed E-state index contributed by atoms with van der Waals surface area (Å²) in [4.78, 5) is 8.56. The minimum atomic E-state index is 0.358. The van der Waals surface area contributed by atoms with Crippen molar-refractivity contribution < 1.29 is 4.52 Å². The molecule has 94 valence electrons. The first-order valence-electron chi connectivity index (χ1n) is 5.98. The molecule has 1 saturated heterocycles. The molecular weight excluding hydrogens is 296 g/mol. The SMILES string of the molecule is Brc1cncc(-c2nc([C@H]3CCCNC3)no2)c1. The van der Waals surface area contributed by atoms with Gasteiger partial charge in [0, 0.05) is 29.3 Å². The van der Waals surface area contributed by atoms with E-state index in [0.29, 0.717) is 11.8 Å². The van der Waals surface area contributed by atoms with Gasteiger partial charge in [-0.3, -0.25) is 4.98 Å². The monoisotopic (exact) mass is 308 g/mol. The molecule has 0 saturated carbocycles. The molecule has 1 atom stereocenters. The van der Waals surface area contributed by atoms with Crippen LogP contribution in [0, 0.1) is 0 Å². The van der Waals surface area contributed by atoms with Gasteiger partial charge in [0.1, 0.15) is 0 Å². The van der Waals surface area contributed by atoms with E-state index < -0.39 is 0 Å². The molecule has 0 spiro atoms. The summed E-state index contributed by atoms with van der Waals surface area (Å²) in [5, 5.41) is 7.43. The average molecular weight is 309 g/mol. The first kappa shape index (κ1) is 11.8. The predicted molar refractivity (Wildman–Crippen MR) is 70.1 cm³/mol. The van der Waals surface area contributed by atoms with Crippen molar-refractivity contribution >= 4 is 15.9 Å². The molecule has 0 aliphatic carbocycles. The van der Waals surface area contributed by atoms with Crippen molar-refractivity contribution in [3.05, 3.63) is 28.8 Å². The molecule has 1 aliphatic rings. The highest BCUT2D eigenvalue weighted by Gasteiger charge is 2.21. The van der Waals surface area contributed by atoms with Gasteiger partial charge in [-0.2, -0.15) is 4.98 Å². The van der Waals surface area contributed by atoms with Gasteiger partial charge in [-0.25, -0.2) is 0 Å². The van der Waals surface area contributed by atoms with Crippen LogP contribution in [-0.2, 0) is 0 Å². The number of nitrogens with zero attached hydrogens (tertiary/aromatic N) is 3. The lowest BCUT2D eigenvalue weighted by molar-refractivity contribution is 0.393. The molecule has 1 aliphatic heterocycles. The summed E-state index contributed by atoms with van der Waals surface area (Å²) in [5.74, 6) is 1.68. The summed E-state index contributed by atoms with van der Waals surface area (Å²) in [5.41, 5.74) is 0.840. The zero-order valence-electron chi connectivity index (χ0n) is 9.77. The van der Waals surface area contributed by atoms with E-state index in [1.807, 2.05) is 6.07 Å². The molecule has 18 heavy (non-hydrogen) atoms. The van der Waals surface area contributed by atoms with Gasteiger partial charge in [-0.05, 0) is 41.4 Å². The second-order valence-corrected chi connectivity index (χ2v) is 5.31. The second kappa shape index (κ2) is 5.16. The third kappa shape index (κ3) is 2.44. The van der Waals surface area contributed by atoms with E-state index >= 15 is 0 Å². The molecule has 0 unspecified atom stereocenters. The van der Waals surface area contributed by atoms with Crippen LogP contribution < -0.4 is 5.32 Å². The molecule has 3 heterocycles. The summed E-state index contributed by atoms with van der Waals surface area (Å²) in [6, 6.07) is 1.92. The van der Waals surface area contributed by atoms with Gasteiger partial charge < -0.3 is 9.84 Å². The second-order valence-electron chi connectivity index (χ2n) is 4.39. The van der Waals surface area contributed by atoms with Crippen molar-refractivity contribution in [1.29, 1.82) is 0 Å². The number of pyridine rings is 1. The van der Waals surface area contributed by atoms with E-state index in [0.717, 1.165) is 41.8 Å². The number of aromatic nitrogens is 3. The maximum absolute atomic E-state index is 5.31. The number of piperidine rings is 1. The van der Waals surface area contributed by atoms with E-state index in [4.69, 9.17) is 4.52 Å². The van der Waals surface area contributed by atoms with Crippen molar-refractivity contribution in [2.75, 3.05) is 13.1 Å². The van der Waals surface area contributed by atoms with Gasteiger partial charge in [-0.15, -0.1) is 0 Å². The Hall–Kier alpha value is -1.27. The minimum absolute atomic E-state index is 0.358. The molecule has 0 aromatic carbocycles. The normalized spacial score (nSPS) is 19.9. The van der Waals surface area contributed by atoms with Gasteiger partial charge in [0.25, 0.3) is 5.89 Å². The van der Waals surface area contributed by atoms with Crippen LogP contribution in [0.4, 0.5) is 0 Å². The average Bonchev–Trinajstić information content (AvgIpc) is 2.89. The van der Waals surface area contributed by atoms with E-state index in [2.05, 4.69) is 36.4 Å². The van der Waals surface area contributed by atoms with E-state index in [-0.39, 0.29) is 0 Å². The Kier molecular flexibility index (Phi) is 3.38. The quantitative estimate of drug-likeness (QED) is 0.922. The molecule has 0 radical (unpaired) electrons. The van der Waals surface area contributed by atoms with Crippen LogP contribution in [0.1, 0.15) is 24.6 Å². The van der Waals surface area contributed by atoms with Crippen molar-refractivity contribution in [1.82, 2.24) is 20.4 Å². The maximum atomic E-state index is 5.31. The first-order chi connectivity index (χ1) is 8.83. The van der Waals surface area contributed by atoms with E-state index in [1.54, 1.807) is 12.4 Å². The third-order valence-corrected chi connectivity index (χ3v) is 3.49. The standard InChI is InChI=1S/C12H13BrN4O/c13-10-4-9(6-15-7-10)12-16-11(17-18-12)8-2-1-3-14-5-8/h4,6-8,14H,1-3,5H2/t8-/m0/s1. The van der Waals surface area contributed by atoms with Crippen molar-refractivity contribution in [2.24, 2.45) is 0 Å². The molecule has 3 rings (SSSR count). The molecule has 0 bridgehead atoms. The maximum Gasteiger partial charge on any atom is 0.259 e. The van der Waals surface area contributed by atoms with E-state index in [9.17, 15) is 0 Å². The van der Waals surface area contributed by atoms with Gasteiger partial charge in [0.2, 0.25) is 0 Å². The van der Waals surface area contributed by atoms with Gasteiger partial charge in [-0.1, -0.05) is 5.16 Å².